The second-order valence-corrected chi connectivity index (χ2v) is 7.11. The Bertz CT molecular complexity index is 413. The van der Waals surface area contributed by atoms with Gasteiger partial charge in [0.15, 0.2) is 0 Å². The predicted octanol–water partition coefficient (Wildman–Crippen LogP) is 4.05. The first-order valence-corrected chi connectivity index (χ1v) is 8.57. The minimum atomic E-state index is 0.492. The van der Waals surface area contributed by atoms with Crippen LogP contribution in [0.3, 0.4) is 0 Å². The Hall–Kier alpha value is -0.380. The molecule has 1 aromatic rings. The molecule has 2 nitrogen and oxygen atoms in total. The van der Waals surface area contributed by atoms with Crippen LogP contribution in [0.5, 0.6) is 0 Å². The van der Waals surface area contributed by atoms with Crippen molar-refractivity contribution in [2.24, 2.45) is 5.41 Å². The zero-order valence-electron chi connectivity index (χ0n) is 12.8. The van der Waals surface area contributed by atoms with E-state index in [4.69, 9.17) is 0 Å². The number of halogens is 1. The maximum atomic E-state index is 3.65. The van der Waals surface area contributed by atoms with Gasteiger partial charge < -0.3 is 10.2 Å². The quantitative estimate of drug-likeness (QED) is 0.806. The monoisotopic (exact) mass is 338 g/mol. The van der Waals surface area contributed by atoms with E-state index < -0.39 is 0 Å². The maximum absolute atomic E-state index is 3.65. The van der Waals surface area contributed by atoms with Gasteiger partial charge in [0.2, 0.25) is 0 Å². The summed E-state index contributed by atoms with van der Waals surface area (Å²) < 4.78 is 1.22. The van der Waals surface area contributed by atoms with Crippen LogP contribution in [0.15, 0.2) is 28.7 Å². The highest BCUT2D eigenvalue weighted by molar-refractivity contribution is 9.10. The average Bonchev–Trinajstić information content (AvgIpc) is 2.88. The molecule has 0 aromatic heterocycles. The number of nitrogens with zero attached hydrogens (tertiary/aromatic N) is 1. The van der Waals surface area contributed by atoms with Crippen molar-refractivity contribution in [3.63, 3.8) is 0 Å². The fraction of sp³-hybridized carbons (Fsp3) is 0.647. The van der Waals surface area contributed by atoms with Crippen LogP contribution in [0.1, 0.15) is 38.2 Å². The van der Waals surface area contributed by atoms with Gasteiger partial charge in [0.25, 0.3) is 0 Å². The Balaban J connectivity index is 1.95. The van der Waals surface area contributed by atoms with Gasteiger partial charge in [-0.05, 0) is 43.5 Å². The molecule has 0 saturated heterocycles. The Morgan fingerprint density at radius 3 is 2.60 bits per heavy atom. The molecule has 1 saturated carbocycles. The first-order valence-electron chi connectivity index (χ1n) is 7.78. The smallest absolute Gasteiger partial charge is 0.0242 e. The molecule has 0 heterocycles. The van der Waals surface area contributed by atoms with Crippen LogP contribution >= 0.6 is 15.9 Å². The second-order valence-electron chi connectivity index (χ2n) is 6.25. The van der Waals surface area contributed by atoms with E-state index in [2.05, 4.69) is 64.4 Å². The van der Waals surface area contributed by atoms with Crippen LogP contribution in [0.4, 0.5) is 0 Å². The van der Waals surface area contributed by atoms with Gasteiger partial charge in [-0.2, -0.15) is 0 Å². The fourth-order valence-corrected chi connectivity index (χ4v) is 3.86. The molecule has 1 aliphatic carbocycles. The molecule has 3 heteroatoms. The molecule has 0 amide bonds. The van der Waals surface area contributed by atoms with E-state index in [1.54, 1.807) is 0 Å². The van der Waals surface area contributed by atoms with E-state index in [0.717, 1.165) is 13.1 Å². The van der Waals surface area contributed by atoms with Crippen molar-refractivity contribution >= 4 is 15.9 Å². The first-order chi connectivity index (χ1) is 9.65. The lowest BCUT2D eigenvalue weighted by Crippen LogP contribution is -2.41. The lowest BCUT2D eigenvalue weighted by molar-refractivity contribution is 0.168. The fourth-order valence-electron chi connectivity index (χ4n) is 3.45. The van der Waals surface area contributed by atoms with E-state index in [-0.39, 0.29) is 0 Å². The summed E-state index contributed by atoms with van der Waals surface area (Å²) in [6, 6.07) is 8.55. The summed E-state index contributed by atoms with van der Waals surface area (Å²) in [5.41, 5.74) is 1.87. The second kappa shape index (κ2) is 7.58. The minimum absolute atomic E-state index is 0.492. The zero-order chi connectivity index (χ0) is 14.4. The zero-order valence-corrected chi connectivity index (χ0v) is 14.4. The van der Waals surface area contributed by atoms with Crippen LogP contribution < -0.4 is 5.32 Å². The molecule has 0 aliphatic heterocycles. The molecule has 0 unspecified atom stereocenters. The molecule has 20 heavy (non-hydrogen) atoms. The van der Waals surface area contributed by atoms with E-state index in [1.807, 2.05) is 0 Å². The van der Waals surface area contributed by atoms with Crippen LogP contribution in [0.2, 0.25) is 0 Å². The number of rotatable bonds is 7. The molecule has 0 bridgehead atoms. The first kappa shape index (κ1) is 16.0. The highest BCUT2D eigenvalue weighted by Gasteiger charge is 2.34. The molecule has 1 aromatic carbocycles. The van der Waals surface area contributed by atoms with Crippen molar-refractivity contribution in [3.05, 3.63) is 34.3 Å². The van der Waals surface area contributed by atoms with E-state index in [9.17, 15) is 0 Å². The number of benzene rings is 1. The highest BCUT2D eigenvalue weighted by atomic mass is 79.9. The van der Waals surface area contributed by atoms with Gasteiger partial charge in [0.1, 0.15) is 0 Å². The number of hydrogen-bond donors (Lipinski definition) is 1. The van der Waals surface area contributed by atoms with Gasteiger partial charge in [0.05, 0.1) is 0 Å². The van der Waals surface area contributed by atoms with E-state index in [1.165, 1.54) is 48.8 Å². The maximum Gasteiger partial charge on any atom is 0.0242 e. The molecule has 0 atom stereocenters. The summed E-state index contributed by atoms with van der Waals surface area (Å²) in [5.74, 6) is 0. The van der Waals surface area contributed by atoms with Crippen LogP contribution in [0, 0.1) is 5.41 Å². The van der Waals surface area contributed by atoms with E-state index >= 15 is 0 Å². The normalized spacial score (nSPS) is 17.8. The van der Waals surface area contributed by atoms with Gasteiger partial charge in [0, 0.05) is 24.1 Å². The number of nitrogens with one attached hydrogen (secondary N) is 1. The third kappa shape index (κ3) is 4.31. The molecule has 1 aliphatic rings. The van der Waals surface area contributed by atoms with Crippen molar-refractivity contribution in [1.82, 2.24) is 10.2 Å². The Morgan fingerprint density at radius 1 is 1.25 bits per heavy atom. The topological polar surface area (TPSA) is 15.3 Å². The molecule has 112 valence electrons. The summed E-state index contributed by atoms with van der Waals surface area (Å²) in [6.07, 6.45) is 5.54. The lowest BCUT2D eigenvalue weighted by atomic mass is 9.85. The van der Waals surface area contributed by atoms with Crippen LogP contribution in [-0.2, 0) is 6.54 Å². The van der Waals surface area contributed by atoms with Crippen molar-refractivity contribution in [3.8, 4) is 0 Å². The molecule has 2 rings (SSSR count). The largest absolute Gasteiger partial charge is 0.316 e. The molecule has 1 fully saturated rings. The van der Waals surface area contributed by atoms with Gasteiger partial charge in [-0.25, -0.2) is 0 Å². The summed E-state index contributed by atoms with van der Waals surface area (Å²) in [6.45, 7) is 6.67. The Morgan fingerprint density at radius 2 is 1.95 bits per heavy atom. The van der Waals surface area contributed by atoms with Gasteiger partial charge in [-0.3, -0.25) is 0 Å². The van der Waals surface area contributed by atoms with Gasteiger partial charge >= 0.3 is 0 Å². The summed E-state index contributed by atoms with van der Waals surface area (Å²) >= 11 is 3.65. The van der Waals surface area contributed by atoms with Crippen molar-refractivity contribution in [2.75, 3.05) is 26.7 Å². The average molecular weight is 339 g/mol. The van der Waals surface area contributed by atoms with Gasteiger partial charge in [-0.15, -0.1) is 0 Å². The molecule has 0 spiro atoms. The number of hydrogen-bond acceptors (Lipinski definition) is 2. The molecular weight excluding hydrogens is 312 g/mol. The van der Waals surface area contributed by atoms with Gasteiger partial charge in [-0.1, -0.05) is 53.9 Å². The summed E-state index contributed by atoms with van der Waals surface area (Å²) in [4.78, 5) is 2.49. The van der Waals surface area contributed by atoms with Crippen molar-refractivity contribution in [2.45, 2.75) is 39.2 Å². The third-order valence-electron chi connectivity index (χ3n) is 4.42. The Labute approximate surface area is 132 Å². The van der Waals surface area contributed by atoms with Crippen LogP contribution in [-0.4, -0.2) is 31.6 Å². The lowest BCUT2D eigenvalue weighted by Gasteiger charge is -2.34. The Kier molecular flexibility index (Phi) is 6.06. The SMILES string of the molecule is CCNCC1(CN(C)Cc2ccccc2Br)CCCC1. The summed E-state index contributed by atoms with van der Waals surface area (Å²) in [7, 11) is 2.26. The standard InChI is InChI=1S/C17H27BrN2/c1-3-19-13-17(10-6-7-11-17)14-20(2)12-15-8-4-5-9-16(15)18/h4-5,8-9,19H,3,6-7,10-14H2,1-2H3. The van der Waals surface area contributed by atoms with Crippen molar-refractivity contribution < 1.29 is 0 Å². The molecule has 1 N–H and O–H groups in total. The minimum Gasteiger partial charge on any atom is -0.316 e. The van der Waals surface area contributed by atoms with Crippen LogP contribution in [0.25, 0.3) is 0 Å². The van der Waals surface area contributed by atoms with E-state index in [0.29, 0.717) is 5.41 Å². The highest BCUT2D eigenvalue weighted by Crippen LogP contribution is 2.38. The molecule has 0 radical (unpaired) electrons. The van der Waals surface area contributed by atoms with Crippen molar-refractivity contribution in [1.29, 1.82) is 0 Å². The summed E-state index contributed by atoms with van der Waals surface area (Å²) in [5, 5.41) is 3.58. The predicted molar refractivity (Wildman–Crippen MR) is 89.9 cm³/mol. The third-order valence-corrected chi connectivity index (χ3v) is 5.19. The molecular formula is C17H27BrN2.